The van der Waals surface area contributed by atoms with Crippen molar-refractivity contribution in [3.05, 3.63) is 53.1 Å². The van der Waals surface area contributed by atoms with Crippen molar-refractivity contribution in [2.75, 3.05) is 26.7 Å². The SMILES string of the molecule is COc1cc(O)c2c3c1O[C@H]1[C@H](N(CC4CCCCC4)C(=O)CCCCCCCCCCc4ccccc4)CC[C@H]4[C@@H](C2)N(CC2CC2)CC[C@@]341. The zero-order valence-electron chi connectivity index (χ0n) is 31.5. The van der Waals surface area contributed by atoms with Crippen LogP contribution in [-0.4, -0.2) is 65.7 Å². The fourth-order valence-electron chi connectivity index (χ4n) is 11.5. The van der Waals surface area contributed by atoms with E-state index in [-0.39, 0.29) is 17.6 Å². The molecule has 8 rings (SSSR count). The van der Waals surface area contributed by atoms with Gasteiger partial charge in [0.25, 0.3) is 0 Å². The lowest BCUT2D eigenvalue weighted by molar-refractivity contribution is -0.144. The Kier molecular flexibility index (Phi) is 10.9. The molecule has 278 valence electrons. The number of amides is 1. The van der Waals surface area contributed by atoms with E-state index in [1.807, 2.05) is 0 Å². The fraction of sp³-hybridized carbons (Fsp3) is 0.711. The Hall–Kier alpha value is -2.73. The number of benzene rings is 2. The maximum Gasteiger partial charge on any atom is 0.222 e. The van der Waals surface area contributed by atoms with Gasteiger partial charge >= 0.3 is 0 Å². The first kappa shape index (κ1) is 35.3. The molecule has 3 saturated carbocycles. The van der Waals surface area contributed by atoms with E-state index in [4.69, 9.17) is 9.47 Å². The third-order valence-corrected chi connectivity index (χ3v) is 14.3. The van der Waals surface area contributed by atoms with Gasteiger partial charge in [0.2, 0.25) is 5.91 Å². The van der Waals surface area contributed by atoms with E-state index >= 15 is 0 Å². The van der Waals surface area contributed by atoms with E-state index in [2.05, 4.69) is 40.1 Å². The molecule has 5 atom stereocenters. The zero-order valence-corrected chi connectivity index (χ0v) is 31.5. The number of piperidine rings is 1. The number of phenols is 1. The van der Waals surface area contributed by atoms with Gasteiger partial charge in [0, 0.05) is 48.2 Å². The van der Waals surface area contributed by atoms with Crippen LogP contribution in [-0.2, 0) is 23.1 Å². The number of aryl methyl sites for hydroxylation is 1. The van der Waals surface area contributed by atoms with Gasteiger partial charge in [0.1, 0.15) is 11.9 Å². The summed E-state index contributed by atoms with van der Waals surface area (Å²) in [4.78, 5) is 19.6. The molecule has 0 aromatic heterocycles. The lowest BCUT2D eigenvalue weighted by atomic mass is 9.50. The molecule has 6 heteroatoms. The number of hydrogen-bond donors (Lipinski definition) is 1. The van der Waals surface area contributed by atoms with Gasteiger partial charge < -0.3 is 19.5 Å². The minimum atomic E-state index is -0.158. The van der Waals surface area contributed by atoms with Gasteiger partial charge in [-0.25, -0.2) is 0 Å². The Balaban J connectivity index is 0.940. The number of nitrogens with zero attached hydrogens (tertiary/aromatic N) is 2. The van der Waals surface area contributed by atoms with Gasteiger partial charge in [-0.3, -0.25) is 9.69 Å². The van der Waals surface area contributed by atoms with E-state index in [0.717, 1.165) is 68.8 Å². The Morgan fingerprint density at radius 1 is 0.922 bits per heavy atom. The molecule has 0 radical (unpaired) electrons. The number of methoxy groups -OCH3 is 1. The van der Waals surface area contributed by atoms with Gasteiger partial charge in [-0.05, 0) is 100 Å². The van der Waals surface area contributed by atoms with E-state index in [9.17, 15) is 9.90 Å². The summed E-state index contributed by atoms with van der Waals surface area (Å²) in [5.41, 5.74) is 3.63. The molecule has 0 unspecified atom stereocenters. The number of carbonyl (C=O) groups is 1. The number of phenolic OH excluding ortho intramolecular Hbond substituents is 1. The molecule has 1 spiro atoms. The van der Waals surface area contributed by atoms with Crippen molar-refractivity contribution in [2.24, 2.45) is 17.8 Å². The molecular weight excluding hydrogens is 633 g/mol. The highest BCUT2D eigenvalue weighted by Crippen LogP contribution is 2.66. The number of aromatic hydroxyl groups is 1. The molecule has 51 heavy (non-hydrogen) atoms. The maximum atomic E-state index is 14.5. The molecule has 2 heterocycles. The van der Waals surface area contributed by atoms with Crippen LogP contribution in [0.3, 0.4) is 0 Å². The van der Waals surface area contributed by atoms with E-state index in [1.54, 1.807) is 13.2 Å². The summed E-state index contributed by atoms with van der Waals surface area (Å²) in [5, 5.41) is 11.5. The number of likely N-dealkylation sites (tertiary alicyclic amines) is 1. The quantitative estimate of drug-likeness (QED) is 0.167. The molecule has 4 fully saturated rings. The summed E-state index contributed by atoms with van der Waals surface area (Å²) in [6.07, 6.45) is 24.9. The Labute approximate surface area is 307 Å². The minimum absolute atomic E-state index is 0.0685. The topological polar surface area (TPSA) is 62.2 Å². The average molecular weight is 697 g/mol. The second-order valence-electron chi connectivity index (χ2n) is 17.4. The van der Waals surface area contributed by atoms with Crippen molar-refractivity contribution in [1.82, 2.24) is 9.80 Å². The number of rotatable bonds is 17. The molecule has 1 amide bonds. The number of hydrogen-bond acceptors (Lipinski definition) is 5. The van der Waals surface area contributed by atoms with E-state index in [1.165, 1.54) is 108 Å². The van der Waals surface area contributed by atoms with Crippen molar-refractivity contribution in [3.8, 4) is 17.2 Å². The second-order valence-corrected chi connectivity index (χ2v) is 17.4. The summed E-state index contributed by atoms with van der Waals surface area (Å²) in [5.74, 6) is 4.19. The van der Waals surface area contributed by atoms with Gasteiger partial charge in [-0.2, -0.15) is 0 Å². The molecule has 2 aromatic rings. The number of carbonyl (C=O) groups excluding carboxylic acids is 1. The zero-order chi connectivity index (χ0) is 34.8. The van der Waals surface area contributed by atoms with Crippen LogP contribution in [0, 0.1) is 17.8 Å². The standard InChI is InChI=1S/C45H64N2O4/c1-50-40-29-39(48)35-28-38-36-24-25-37(44-45(36,42(35)43(40)51-44)26-27-46(38)30-34-22-23-34)47(31-33-19-13-9-14-20-33)41(49)21-15-7-5-3-2-4-6-10-16-32-17-11-8-12-18-32/h8,11-12,17-18,29,33-34,36-38,44,48H,2-7,9-10,13-16,19-28,30-31H2,1H3/t36-,37+,38+,44-,45-/m0/s1. The predicted octanol–water partition coefficient (Wildman–Crippen LogP) is 9.38. The van der Waals surface area contributed by atoms with Crippen LogP contribution in [0.4, 0.5) is 0 Å². The molecule has 2 bridgehead atoms. The van der Waals surface area contributed by atoms with Crippen LogP contribution in [0.2, 0.25) is 0 Å². The van der Waals surface area contributed by atoms with Crippen LogP contribution in [0.15, 0.2) is 36.4 Å². The smallest absolute Gasteiger partial charge is 0.222 e. The molecule has 1 N–H and O–H groups in total. The van der Waals surface area contributed by atoms with Crippen molar-refractivity contribution >= 4 is 5.91 Å². The van der Waals surface area contributed by atoms with Crippen molar-refractivity contribution < 1.29 is 19.4 Å². The van der Waals surface area contributed by atoms with Gasteiger partial charge in [-0.1, -0.05) is 88.1 Å². The van der Waals surface area contributed by atoms with Crippen LogP contribution < -0.4 is 9.47 Å². The Morgan fingerprint density at radius 3 is 2.41 bits per heavy atom. The second kappa shape index (κ2) is 15.7. The summed E-state index contributed by atoms with van der Waals surface area (Å²) < 4.78 is 13.1. The summed E-state index contributed by atoms with van der Waals surface area (Å²) >= 11 is 0. The lowest BCUT2D eigenvalue weighted by Gasteiger charge is -2.60. The number of unbranched alkanes of at least 4 members (excludes halogenated alkanes) is 7. The van der Waals surface area contributed by atoms with Crippen LogP contribution >= 0.6 is 0 Å². The molecule has 2 aromatic carbocycles. The van der Waals surface area contributed by atoms with Crippen molar-refractivity contribution in [1.29, 1.82) is 0 Å². The van der Waals surface area contributed by atoms with Gasteiger partial charge in [0.15, 0.2) is 11.5 Å². The molecule has 2 aliphatic heterocycles. The third-order valence-electron chi connectivity index (χ3n) is 14.3. The first-order chi connectivity index (χ1) is 25.1. The van der Waals surface area contributed by atoms with Crippen LogP contribution in [0.5, 0.6) is 17.2 Å². The summed E-state index contributed by atoms with van der Waals surface area (Å²) in [6.45, 7) is 3.17. The lowest BCUT2D eigenvalue weighted by Crippen LogP contribution is -2.69. The van der Waals surface area contributed by atoms with Gasteiger partial charge in [0.05, 0.1) is 13.2 Å². The van der Waals surface area contributed by atoms with Gasteiger partial charge in [-0.15, -0.1) is 0 Å². The normalized spacial score (nSPS) is 28.3. The maximum absolute atomic E-state index is 14.5. The first-order valence-corrected chi connectivity index (χ1v) is 21.2. The minimum Gasteiger partial charge on any atom is -0.508 e. The summed E-state index contributed by atoms with van der Waals surface area (Å²) in [6, 6.07) is 13.2. The van der Waals surface area contributed by atoms with Crippen molar-refractivity contribution in [2.45, 2.75) is 158 Å². The average Bonchev–Trinajstić information content (AvgIpc) is 3.91. The molecular formula is C45H64N2O4. The highest BCUT2D eigenvalue weighted by Gasteiger charge is 2.67. The first-order valence-electron chi connectivity index (χ1n) is 21.2. The molecule has 6 nitrogen and oxygen atoms in total. The van der Waals surface area contributed by atoms with Crippen LogP contribution in [0.1, 0.15) is 139 Å². The summed E-state index contributed by atoms with van der Waals surface area (Å²) in [7, 11) is 1.70. The molecule has 1 saturated heterocycles. The van der Waals surface area contributed by atoms with E-state index < -0.39 is 0 Å². The third kappa shape index (κ3) is 7.17. The predicted molar refractivity (Wildman–Crippen MR) is 204 cm³/mol. The van der Waals surface area contributed by atoms with Crippen LogP contribution in [0.25, 0.3) is 0 Å². The monoisotopic (exact) mass is 696 g/mol. The highest BCUT2D eigenvalue weighted by atomic mass is 16.5. The Morgan fingerprint density at radius 2 is 1.67 bits per heavy atom. The molecule has 4 aliphatic carbocycles. The van der Waals surface area contributed by atoms with Crippen molar-refractivity contribution in [3.63, 3.8) is 0 Å². The number of ether oxygens (including phenoxy) is 2. The molecule has 6 aliphatic rings. The highest BCUT2D eigenvalue weighted by molar-refractivity contribution is 5.77. The fourth-order valence-corrected chi connectivity index (χ4v) is 11.5. The Bertz CT molecular complexity index is 1480. The van der Waals surface area contributed by atoms with E-state index in [0.29, 0.717) is 41.7 Å². The largest absolute Gasteiger partial charge is 0.508 e.